The average molecular weight is 286 g/mol. The number of aromatic nitrogens is 3. The molecule has 0 radical (unpaired) electrons. The van der Waals surface area contributed by atoms with Gasteiger partial charge in [0.15, 0.2) is 0 Å². The Balaban J connectivity index is 1.74. The molecule has 0 aliphatic heterocycles. The van der Waals surface area contributed by atoms with Crippen molar-refractivity contribution in [2.45, 2.75) is 33.4 Å². The second kappa shape index (κ2) is 5.34. The summed E-state index contributed by atoms with van der Waals surface area (Å²) in [6, 6.07) is 6.43. The number of nitrogens with zero attached hydrogens (tertiary/aromatic N) is 3. The van der Waals surface area contributed by atoms with Crippen molar-refractivity contribution < 1.29 is 0 Å². The van der Waals surface area contributed by atoms with E-state index in [1.165, 1.54) is 10.4 Å². The topological polar surface area (TPSA) is 42.2 Å². The van der Waals surface area contributed by atoms with E-state index in [0.29, 0.717) is 6.04 Å². The zero-order valence-corrected chi connectivity index (χ0v) is 12.7. The molecule has 0 aromatic carbocycles. The van der Waals surface area contributed by atoms with Gasteiger partial charge in [0.1, 0.15) is 0 Å². The Bertz CT molecular complexity index is 728. The maximum absolute atomic E-state index is 4.49. The van der Waals surface area contributed by atoms with E-state index in [1.54, 1.807) is 11.3 Å². The number of hydrogen-bond donors (Lipinski definition) is 1. The number of fused-ring (bicyclic) bond motifs is 1. The molecular weight excluding hydrogens is 268 g/mol. The fraction of sp³-hybridized carbons (Fsp3) is 0.333. The lowest BCUT2D eigenvalue weighted by atomic mass is 10.2. The van der Waals surface area contributed by atoms with E-state index >= 15 is 0 Å². The van der Waals surface area contributed by atoms with Crippen LogP contribution in [-0.2, 0) is 6.54 Å². The maximum atomic E-state index is 4.49. The molecule has 3 heterocycles. The lowest BCUT2D eigenvalue weighted by Crippen LogP contribution is -2.17. The van der Waals surface area contributed by atoms with Crippen LogP contribution in [0.5, 0.6) is 0 Å². The zero-order valence-electron chi connectivity index (χ0n) is 11.9. The van der Waals surface area contributed by atoms with Crippen LogP contribution in [0.25, 0.3) is 5.52 Å². The molecule has 1 unspecified atom stereocenters. The fourth-order valence-electron chi connectivity index (χ4n) is 2.43. The molecule has 0 aliphatic carbocycles. The first kappa shape index (κ1) is 13.3. The first-order valence-corrected chi connectivity index (χ1v) is 7.55. The summed E-state index contributed by atoms with van der Waals surface area (Å²) in [5, 5.41) is 9.05. The number of thiazole rings is 1. The molecule has 3 aromatic rings. The highest BCUT2D eigenvalue weighted by molar-refractivity contribution is 7.11. The SMILES string of the molecule is Cc1nc(C)c(C(C)NCc2cnn3ccccc23)s1. The van der Waals surface area contributed by atoms with Gasteiger partial charge < -0.3 is 5.32 Å². The predicted octanol–water partition coefficient (Wildman–Crippen LogP) is 3.26. The summed E-state index contributed by atoms with van der Waals surface area (Å²) < 4.78 is 1.91. The Hall–Kier alpha value is -1.72. The van der Waals surface area contributed by atoms with Crippen LogP contribution in [0.2, 0.25) is 0 Å². The monoisotopic (exact) mass is 286 g/mol. The van der Waals surface area contributed by atoms with Crippen LogP contribution in [0.3, 0.4) is 0 Å². The molecule has 0 saturated carbocycles. The van der Waals surface area contributed by atoms with Crippen LogP contribution in [0.4, 0.5) is 0 Å². The second-order valence-electron chi connectivity index (χ2n) is 4.99. The molecule has 3 aromatic heterocycles. The van der Waals surface area contributed by atoms with Gasteiger partial charge in [-0.25, -0.2) is 9.50 Å². The van der Waals surface area contributed by atoms with Gasteiger partial charge in [-0.05, 0) is 32.9 Å². The van der Waals surface area contributed by atoms with E-state index < -0.39 is 0 Å². The van der Waals surface area contributed by atoms with Gasteiger partial charge in [0.25, 0.3) is 0 Å². The summed E-state index contributed by atoms with van der Waals surface area (Å²) in [6.07, 6.45) is 3.90. The predicted molar refractivity (Wildman–Crippen MR) is 82.0 cm³/mol. The number of pyridine rings is 1. The normalized spacial score (nSPS) is 12.9. The minimum atomic E-state index is 0.305. The van der Waals surface area contributed by atoms with Gasteiger partial charge >= 0.3 is 0 Å². The molecule has 4 nitrogen and oxygen atoms in total. The largest absolute Gasteiger partial charge is 0.305 e. The quantitative estimate of drug-likeness (QED) is 0.800. The fourth-order valence-corrected chi connectivity index (χ4v) is 3.38. The molecule has 0 amide bonds. The van der Waals surface area contributed by atoms with Crippen molar-refractivity contribution in [2.75, 3.05) is 0 Å². The van der Waals surface area contributed by atoms with Crippen molar-refractivity contribution in [2.24, 2.45) is 0 Å². The van der Waals surface area contributed by atoms with Gasteiger partial charge in [0.05, 0.1) is 22.4 Å². The van der Waals surface area contributed by atoms with E-state index in [-0.39, 0.29) is 0 Å². The summed E-state index contributed by atoms with van der Waals surface area (Å²) in [4.78, 5) is 5.81. The van der Waals surface area contributed by atoms with Crippen LogP contribution in [0, 0.1) is 13.8 Å². The third kappa shape index (κ3) is 2.46. The van der Waals surface area contributed by atoms with Crippen molar-refractivity contribution in [1.82, 2.24) is 19.9 Å². The zero-order chi connectivity index (χ0) is 14.1. The minimum Gasteiger partial charge on any atom is -0.305 e. The number of aryl methyl sites for hydroxylation is 2. The first-order valence-electron chi connectivity index (χ1n) is 6.73. The molecule has 0 saturated heterocycles. The van der Waals surface area contributed by atoms with E-state index in [1.807, 2.05) is 29.0 Å². The molecule has 20 heavy (non-hydrogen) atoms. The van der Waals surface area contributed by atoms with Crippen molar-refractivity contribution >= 4 is 16.9 Å². The minimum absolute atomic E-state index is 0.305. The molecule has 1 atom stereocenters. The molecule has 0 fully saturated rings. The standard InChI is InChI=1S/C15H18N4S/c1-10(15-11(2)18-12(3)20-15)16-8-13-9-17-19-7-5-4-6-14(13)19/h4-7,9-10,16H,8H2,1-3H3. The maximum Gasteiger partial charge on any atom is 0.0900 e. The van der Waals surface area contributed by atoms with Gasteiger partial charge in [-0.3, -0.25) is 0 Å². The smallest absolute Gasteiger partial charge is 0.0900 e. The van der Waals surface area contributed by atoms with Crippen molar-refractivity contribution in [3.63, 3.8) is 0 Å². The Kier molecular flexibility index (Phi) is 3.54. The van der Waals surface area contributed by atoms with Crippen molar-refractivity contribution in [3.8, 4) is 0 Å². The Morgan fingerprint density at radius 1 is 1.35 bits per heavy atom. The lowest BCUT2D eigenvalue weighted by molar-refractivity contribution is 0.581. The van der Waals surface area contributed by atoms with Crippen molar-refractivity contribution in [1.29, 1.82) is 0 Å². The molecular formula is C15H18N4S. The van der Waals surface area contributed by atoms with Crippen LogP contribution in [0.15, 0.2) is 30.6 Å². The number of hydrogen-bond acceptors (Lipinski definition) is 4. The van der Waals surface area contributed by atoms with Crippen LogP contribution >= 0.6 is 11.3 Å². The molecule has 5 heteroatoms. The highest BCUT2D eigenvalue weighted by Crippen LogP contribution is 2.24. The summed E-state index contributed by atoms with van der Waals surface area (Å²) in [7, 11) is 0. The molecule has 104 valence electrons. The Morgan fingerprint density at radius 3 is 2.95 bits per heavy atom. The Morgan fingerprint density at radius 2 is 2.20 bits per heavy atom. The molecule has 3 rings (SSSR count). The first-order chi connectivity index (χ1) is 9.65. The average Bonchev–Trinajstić information content (AvgIpc) is 2.99. The van der Waals surface area contributed by atoms with Gasteiger partial charge in [-0.1, -0.05) is 6.07 Å². The third-order valence-corrected chi connectivity index (χ3v) is 4.69. The highest BCUT2D eigenvalue weighted by atomic mass is 32.1. The van der Waals surface area contributed by atoms with Gasteiger partial charge in [-0.15, -0.1) is 11.3 Å². The molecule has 0 aliphatic rings. The molecule has 0 bridgehead atoms. The van der Waals surface area contributed by atoms with E-state index in [0.717, 1.165) is 22.8 Å². The summed E-state index contributed by atoms with van der Waals surface area (Å²) in [6.45, 7) is 7.13. The number of nitrogens with one attached hydrogen (secondary N) is 1. The van der Waals surface area contributed by atoms with Crippen LogP contribution in [-0.4, -0.2) is 14.6 Å². The molecule has 0 spiro atoms. The van der Waals surface area contributed by atoms with E-state index in [2.05, 4.69) is 42.2 Å². The summed E-state index contributed by atoms with van der Waals surface area (Å²) >= 11 is 1.77. The van der Waals surface area contributed by atoms with Gasteiger partial charge in [0, 0.05) is 29.2 Å². The summed E-state index contributed by atoms with van der Waals surface area (Å²) in [5.74, 6) is 0. The Labute approximate surface area is 122 Å². The number of rotatable bonds is 4. The van der Waals surface area contributed by atoms with Gasteiger partial charge in [0.2, 0.25) is 0 Å². The van der Waals surface area contributed by atoms with E-state index in [9.17, 15) is 0 Å². The summed E-state index contributed by atoms with van der Waals surface area (Å²) in [5.41, 5.74) is 3.51. The van der Waals surface area contributed by atoms with Crippen LogP contribution < -0.4 is 5.32 Å². The highest BCUT2D eigenvalue weighted by Gasteiger charge is 2.13. The molecule has 1 N–H and O–H groups in total. The third-order valence-electron chi connectivity index (χ3n) is 3.44. The van der Waals surface area contributed by atoms with E-state index in [4.69, 9.17) is 0 Å². The van der Waals surface area contributed by atoms with Gasteiger partial charge in [-0.2, -0.15) is 5.10 Å². The van der Waals surface area contributed by atoms with Crippen LogP contribution in [0.1, 0.15) is 34.1 Å². The van der Waals surface area contributed by atoms with Crippen molar-refractivity contribution in [3.05, 3.63) is 51.7 Å². The second-order valence-corrected chi connectivity index (χ2v) is 6.22. The lowest BCUT2D eigenvalue weighted by Gasteiger charge is -2.12.